The van der Waals surface area contributed by atoms with Gasteiger partial charge in [0.25, 0.3) is 5.91 Å². The van der Waals surface area contributed by atoms with E-state index in [1.54, 1.807) is 13.2 Å². The lowest BCUT2D eigenvalue weighted by Crippen LogP contribution is -2.36. The van der Waals surface area contributed by atoms with Gasteiger partial charge in [-0.05, 0) is 74.8 Å². The molecule has 1 atom stereocenters. The van der Waals surface area contributed by atoms with Crippen LogP contribution in [0.4, 0.5) is 0 Å². The lowest BCUT2D eigenvalue weighted by atomic mass is 10.1. The van der Waals surface area contributed by atoms with E-state index in [9.17, 15) is 4.79 Å². The second-order valence-corrected chi connectivity index (χ2v) is 7.78. The molecular formula is C25H29N3O4. The Morgan fingerprint density at radius 1 is 1.09 bits per heavy atom. The molecule has 4 rings (SSSR count). The van der Waals surface area contributed by atoms with Crippen molar-refractivity contribution in [1.82, 2.24) is 15.4 Å². The van der Waals surface area contributed by atoms with Gasteiger partial charge >= 0.3 is 0 Å². The summed E-state index contributed by atoms with van der Waals surface area (Å²) in [7, 11) is 1.66. The van der Waals surface area contributed by atoms with Gasteiger partial charge in [-0.15, -0.1) is 0 Å². The number of hydrogen-bond acceptors (Lipinski definition) is 6. The molecule has 0 bridgehead atoms. The number of carbonyl (C=O) groups excluding carboxylic acids is 1. The second kappa shape index (κ2) is 10.3. The van der Waals surface area contributed by atoms with Crippen molar-refractivity contribution in [2.24, 2.45) is 0 Å². The van der Waals surface area contributed by atoms with E-state index in [1.165, 1.54) is 12.8 Å². The lowest BCUT2D eigenvalue weighted by molar-refractivity contribution is 0.0929. The molecule has 1 aliphatic rings. The van der Waals surface area contributed by atoms with Crippen molar-refractivity contribution in [2.45, 2.75) is 25.8 Å². The van der Waals surface area contributed by atoms with Gasteiger partial charge in [-0.2, -0.15) is 0 Å². The second-order valence-electron chi connectivity index (χ2n) is 7.78. The Hall–Kier alpha value is -3.32. The van der Waals surface area contributed by atoms with Gasteiger partial charge in [0.05, 0.1) is 19.8 Å². The molecule has 0 unspecified atom stereocenters. The van der Waals surface area contributed by atoms with E-state index >= 15 is 0 Å². The maximum Gasteiger partial charge on any atom is 0.273 e. The van der Waals surface area contributed by atoms with Crippen molar-refractivity contribution in [2.75, 3.05) is 33.4 Å². The van der Waals surface area contributed by atoms with E-state index in [1.807, 2.05) is 43.3 Å². The quantitative estimate of drug-likeness (QED) is 0.540. The molecule has 7 heteroatoms. The zero-order chi connectivity index (χ0) is 22.3. The van der Waals surface area contributed by atoms with Crippen LogP contribution in [0.1, 0.15) is 41.9 Å². The van der Waals surface area contributed by atoms with Crippen LogP contribution in [0.25, 0.3) is 11.3 Å². The standard InChI is InChI=1S/C25H29N3O4/c1-3-31-21-12-8-19(9-13-21)24-16-22(27-32-24)25(29)26-17-23(28-14-4-5-15-28)18-6-10-20(30-2)11-7-18/h6-13,16,23H,3-5,14-15,17H2,1-2H3,(H,26,29)/t23-/m0/s1. The molecule has 1 aromatic heterocycles. The molecule has 7 nitrogen and oxygen atoms in total. The SMILES string of the molecule is CCOc1ccc(-c2cc(C(=O)NC[C@@H](c3ccc(OC)cc3)N3CCCC3)no2)cc1. The van der Waals surface area contributed by atoms with Gasteiger partial charge in [0.2, 0.25) is 0 Å². The smallest absolute Gasteiger partial charge is 0.273 e. The van der Waals surface area contributed by atoms with Gasteiger partial charge in [0, 0.05) is 18.2 Å². The van der Waals surface area contributed by atoms with E-state index in [0.29, 0.717) is 18.9 Å². The van der Waals surface area contributed by atoms with Crippen LogP contribution in [0, 0.1) is 0 Å². The third-order valence-corrected chi connectivity index (χ3v) is 5.73. The molecule has 1 N–H and O–H groups in total. The molecule has 0 aliphatic carbocycles. The van der Waals surface area contributed by atoms with Gasteiger partial charge in [-0.1, -0.05) is 17.3 Å². The van der Waals surface area contributed by atoms with Gasteiger partial charge in [0.1, 0.15) is 11.5 Å². The zero-order valence-electron chi connectivity index (χ0n) is 18.5. The Morgan fingerprint density at radius 2 is 1.78 bits per heavy atom. The van der Waals surface area contributed by atoms with Crippen molar-refractivity contribution < 1.29 is 18.8 Å². The molecule has 1 aliphatic heterocycles. The molecule has 1 amide bonds. The first-order valence-corrected chi connectivity index (χ1v) is 11.0. The number of ether oxygens (including phenoxy) is 2. The van der Waals surface area contributed by atoms with Crippen molar-refractivity contribution in [3.63, 3.8) is 0 Å². The molecule has 32 heavy (non-hydrogen) atoms. The van der Waals surface area contributed by atoms with E-state index in [2.05, 4.69) is 27.5 Å². The number of hydrogen-bond donors (Lipinski definition) is 1. The van der Waals surface area contributed by atoms with Crippen LogP contribution in [0.3, 0.4) is 0 Å². The third-order valence-electron chi connectivity index (χ3n) is 5.73. The van der Waals surface area contributed by atoms with Crippen LogP contribution in [-0.4, -0.2) is 49.3 Å². The Labute approximate surface area is 188 Å². The predicted molar refractivity (Wildman–Crippen MR) is 122 cm³/mol. The van der Waals surface area contributed by atoms with Gasteiger partial charge in [0.15, 0.2) is 11.5 Å². The van der Waals surface area contributed by atoms with Gasteiger partial charge in [-0.3, -0.25) is 9.69 Å². The van der Waals surface area contributed by atoms with Crippen molar-refractivity contribution in [1.29, 1.82) is 0 Å². The third kappa shape index (κ3) is 5.11. The minimum Gasteiger partial charge on any atom is -0.497 e. The average Bonchev–Trinajstić information content (AvgIpc) is 3.53. The van der Waals surface area contributed by atoms with E-state index in [-0.39, 0.29) is 17.6 Å². The van der Waals surface area contributed by atoms with Crippen LogP contribution >= 0.6 is 0 Å². The molecular weight excluding hydrogens is 406 g/mol. The number of carbonyl (C=O) groups is 1. The Morgan fingerprint density at radius 3 is 2.44 bits per heavy atom. The summed E-state index contributed by atoms with van der Waals surface area (Å²) < 4.78 is 16.2. The minimum atomic E-state index is -0.247. The summed E-state index contributed by atoms with van der Waals surface area (Å²) in [6.07, 6.45) is 2.35. The number of amides is 1. The molecule has 3 aromatic rings. The Kier molecular flexibility index (Phi) is 7.07. The maximum absolute atomic E-state index is 12.8. The highest BCUT2D eigenvalue weighted by Gasteiger charge is 2.25. The maximum atomic E-state index is 12.8. The molecule has 0 spiro atoms. The first-order chi connectivity index (χ1) is 15.7. The molecule has 2 aromatic carbocycles. The largest absolute Gasteiger partial charge is 0.497 e. The number of nitrogens with one attached hydrogen (secondary N) is 1. The highest BCUT2D eigenvalue weighted by atomic mass is 16.5. The summed E-state index contributed by atoms with van der Waals surface area (Å²) in [5.74, 6) is 1.91. The van der Waals surface area contributed by atoms with Crippen molar-refractivity contribution in [3.8, 4) is 22.8 Å². The van der Waals surface area contributed by atoms with Crippen LogP contribution < -0.4 is 14.8 Å². The molecule has 168 valence electrons. The van der Waals surface area contributed by atoms with Crippen molar-refractivity contribution >= 4 is 5.91 Å². The molecule has 1 fully saturated rings. The monoisotopic (exact) mass is 435 g/mol. The van der Waals surface area contributed by atoms with E-state index in [4.69, 9.17) is 14.0 Å². The number of methoxy groups -OCH3 is 1. The predicted octanol–water partition coefficient (Wildman–Crippen LogP) is 4.32. The fourth-order valence-corrected chi connectivity index (χ4v) is 4.02. The molecule has 2 heterocycles. The van der Waals surface area contributed by atoms with Crippen LogP contribution in [0.5, 0.6) is 11.5 Å². The number of aromatic nitrogens is 1. The summed E-state index contributed by atoms with van der Waals surface area (Å²) in [5, 5.41) is 7.01. The number of likely N-dealkylation sites (tertiary alicyclic amines) is 1. The summed E-state index contributed by atoms with van der Waals surface area (Å²) in [6.45, 7) is 5.10. The highest BCUT2D eigenvalue weighted by molar-refractivity contribution is 5.93. The highest BCUT2D eigenvalue weighted by Crippen LogP contribution is 2.27. The van der Waals surface area contributed by atoms with Crippen LogP contribution in [0.2, 0.25) is 0 Å². The summed E-state index contributed by atoms with van der Waals surface area (Å²) in [5.41, 5.74) is 2.26. The fraction of sp³-hybridized carbons (Fsp3) is 0.360. The van der Waals surface area contributed by atoms with E-state index < -0.39 is 0 Å². The minimum absolute atomic E-state index is 0.102. The summed E-state index contributed by atoms with van der Waals surface area (Å²) in [4.78, 5) is 15.2. The zero-order valence-corrected chi connectivity index (χ0v) is 18.5. The summed E-state index contributed by atoms with van der Waals surface area (Å²) in [6, 6.07) is 17.3. The molecule has 0 saturated carbocycles. The Balaban J connectivity index is 1.42. The first-order valence-electron chi connectivity index (χ1n) is 11.0. The van der Waals surface area contributed by atoms with E-state index in [0.717, 1.165) is 35.7 Å². The van der Waals surface area contributed by atoms with Gasteiger partial charge < -0.3 is 19.3 Å². The fourth-order valence-electron chi connectivity index (χ4n) is 4.02. The number of benzene rings is 2. The molecule has 1 saturated heterocycles. The van der Waals surface area contributed by atoms with Crippen molar-refractivity contribution in [3.05, 3.63) is 65.9 Å². The number of nitrogens with zero attached hydrogens (tertiary/aromatic N) is 2. The van der Waals surface area contributed by atoms with Gasteiger partial charge in [-0.25, -0.2) is 0 Å². The molecule has 0 radical (unpaired) electrons. The lowest BCUT2D eigenvalue weighted by Gasteiger charge is -2.28. The summed E-state index contributed by atoms with van der Waals surface area (Å²) >= 11 is 0. The number of rotatable bonds is 9. The average molecular weight is 436 g/mol. The Bertz CT molecular complexity index is 1010. The normalized spacial score (nSPS) is 14.8. The van der Waals surface area contributed by atoms with Crippen LogP contribution in [0.15, 0.2) is 59.1 Å². The van der Waals surface area contributed by atoms with Crippen LogP contribution in [-0.2, 0) is 0 Å². The topological polar surface area (TPSA) is 76.8 Å². The first kappa shape index (κ1) is 21.9.